The van der Waals surface area contributed by atoms with E-state index in [1.54, 1.807) is 0 Å². The largest absolute Gasteiger partial charge is 0.424 e. The van der Waals surface area contributed by atoms with E-state index in [9.17, 15) is 4.79 Å². The molecule has 0 radical (unpaired) electrons. The predicted molar refractivity (Wildman–Crippen MR) is 134 cm³/mol. The van der Waals surface area contributed by atoms with Gasteiger partial charge in [0.1, 0.15) is 18.4 Å². The number of carbonyl (C=O) groups is 1. The molecule has 2 aromatic heterocycles. The Labute approximate surface area is 202 Å². The molecular formula is C26H27N7O2. The number of hydrogen-bond donors (Lipinski definition) is 3. The van der Waals surface area contributed by atoms with Crippen molar-refractivity contribution >= 4 is 28.3 Å². The third kappa shape index (κ3) is 4.14. The molecule has 0 aliphatic heterocycles. The van der Waals surface area contributed by atoms with Crippen LogP contribution in [0.5, 0.6) is 11.8 Å². The first kappa shape index (κ1) is 21.4. The fourth-order valence-electron chi connectivity index (χ4n) is 4.70. The molecular weight excluding hydrogens is 442 g/mol. The fraction of sp³-hybridized carbons (Fsp3) is 0.308. The fourth-order valence-corrected chi connectivity index (χ4v) is 4.70. The van der Waals surface area contributed by atoms with E-state index in [4.69, 9.17) is 10.5 Å². The van der Waals surface area contributed by atoms with Crippen LogP contribution in [0.3, 0.4) is 0 Å². The van der Waals surface area contributed by atoms with Gasteiger partial charge in [-0.15, -0.1) is 0 Å². The van der Waals surface area contributed by atoms with Gasteiger partial charge in [0.2, 0.25) is 0 Å². The van der Waals surface area contributed by atoms with Crippen LogP contribution in [0.4, 0.5) is 16.2 Å². The molecule has 0 saturated heterocycles. The number of benzene rings is 2. The summed E-state index contributed by atoms with van der Waals surface area (Å²) in [6, 6.07) is 14.5. The number of aromatic nitrogens is 4. The summed E-state index contributed by atoms with van der Waals surface area (Å²) in [5.41, 5.74) is 11.2. The van der Waals surface area contributed by atoms with Crippen LogP contribution in [0.25, 0.3) is 22.2 Å². The zero-order chi connectivity index (χ0) is 23.8. The zero-order valence-electron chi connectivity index (χ0n) is 19.3. The molecule has 2 heterocycles. The first-order valence-corrected chi connectivity index (χ1v) is 12.1. The van der Waals surface area contributed by atoms with E-state index in [-0.39, 0.29) is 12.0 Å². The van der Waals surface area contributed by atoms with Crippen LogP contribution in [0.15, 0.2) is 55.1 Å². The molecule has 9 heteroatoms. The van der Waals surface area contributed by atoms with Gasteiger partial charge in [-0.3, -0.25) is 0 Å². The Balaban J connectivity index is 1.32. The Morgan fingerprint density at radius 1 is 1.00 bits per heavy atom. The number of nitrogens with one attached hydrogen (secondary N) is 2. The van der Waals surface area contributed by atoms with Gasteiger partial charge in [0.25, 0.3) is 0 Å². The van der Waals surface area contributed by atoms with Crippen LogP contribution < -0.4 is 21.1 Å². The monoisotopic (exact) mass is 469 g/mol. The maximum absolute atomic E-state index is 12.2. The Morgan fingerprint density at radius 3 is 2.40 bits per heavy atom. The summed E-state index contributed by atoms with van der Waals surface area (Å²) in [5.74, 6) is 0.644. The third-order valence-corrected chi connectivity index (χ3v) is 6.99. The lowest BCUT2D eigenvalue weighted by Crippen LogP contribution is -2.41. The van der Waals surface area contributed by atoms with Crippen molar-refractivity contribution in [2.45, 2.75) is 50.6 Å². The van der Waals surface area contributed by atoms with Crippen LogP contribution in [-0.2, 0) is 0 Å². The van der Waals surface area contributed by atoms with Gasteiger partial charge < -0.3 is 25.7 Å². The van der Waals surface area contributed by atoms with E-state index >= 15 is 0 Å². The lowest BCUT2D eigenvalue weighted by atomic mass is 9.92. The molecule has 0 spiro atoms. The molecule has 4 N–H and O–H groups in total. The number of amides is 2. The van der Waals surface area contributed by atoms with Crippen LogP contribution in [0.1, 0.15) is 44.6 Å². The Bertz CT molecular complexity index is 1360. The Kier molecular flexibility index (Phi) is 5.44. The number of urea groups is 1. The van der Waals surface area contributed by atoms with Crippen molar-refractivity contribution in [3.8, 4) is 23.0 Å². The molecule has 2 amide bonds. The number of anilines is 2. The number of fused-ring (bicyclic) bond motifs is 1. The van der Waals surface area contributed by atoms with E-state index in [2.05, 4.69) is 30.2 Å². The Morgan fingerprint density at radius 2 is 1.74 bits per heavy atom. The van der Waals surface area contributed by atoms with Crippen molar-refractivity contribution in [2.24, 2.45) is 0 Å². The van der Waals surface area contributed by atoms with Gasteiger partial charge in [-0.25, -0.2) is 9.78 Å². The van der Waals surface area contributed by atoms with Crippen molar-refractivity contribution in [2.75, 3.05) is 11.1 Å². The highest BCUT2D eigenvalue weighted by Gasteiger charge is 2.27. The van der Waals surface area contributed by atoms with E-state index < -0.39 is 0 Å². The molecule has 2 fully saturated rings. The maximum atomic E-state index is 12.2. The second-order valence-electron chi connectivity index (χ2n) is 9.22. The highest BCUT2D eigenvalue weighted by atomic mass is 16.5. The number of carbonyl (C=O) groups excluding carboxylic acids is 1. The molecule has 2 aliphatic rings. The summed E-state index contributed by atoms with van der Waals surface area (Å²) in [7, 11) is 0. The van der Waals surface area contributed by atoms with Gasteiger partial charge >= 0.3 is 12.0 Å². The normalized spacial score (nSPS) is 15.9. The van der Waals surface area contributed by atoms with Gasteiger partial charge in [-0.05, 0) is 62.8 Å². The third-order valence-electron chi connectivity index (χ3n) is 6.99. The van der Waals surface area contributed by atoms with E-state index in [1.807, 2.05) is 42.5 Å². The molecule has 0 atom stereocenters. The molecule has 2 saturated carbocycles. The number of ether oxygens (including phenoxy) is 1. The van der Waals surface area contributed by atoms with Crippen molar-refractivity contribution in [1.29, 1.82) is 0 Å². The topological polar surface area (TPSA) is 120 Å². The van der Waals surface area contributed by atoms with Crippen molar-refractivity contribution in [3.05, 3.63) is 55.1 Å². The van der Waals surface area contributed by atoms with Crippen molar-refractivity contribution < 1.29 is 9.53 Å². The first-order valence-electron chi connectivity index (χ1n) is 12.1. The van der Waals surface area contributed by atoms with Crippen molar-refractivity contribution in [3.63, 3.8) is 0 Å². The molecule has 4 aromatic rings. The second-order valence-corrected chi connectivity index (χ2v) is 9.22. The molecule has 0 unspecified atom stereocenters. The van der Waals surface area contributed by atoms with E-state index in [0.29, 0.717) is 17.8 Å². The lowest BCUT2D eigenvalue weighted by molar-refractivity contribution is 0.240. The summed E-state index contributed by atoms with van der Waals surface area (Å²) in [4.78, 5) is 24.2. The molecule has 0 bridgehead atoms. The minimum atomic E-state index is -0.156. The van der Waals surface area contributed by atoms with Crippen LogP contribution in [0.2, 0.25) is 0 Å². The van der Waals surface area contributed by atoms with Gasteiger partial charge in [0.05, 0.1) is 16.9 Å². The van der Waals surface area contributed by atoms with Gasteiger partial charge in [-0.1, -0.05) is 12.1 Å². The standard InChI is InChI=1S/C26H27N7O2/c27-23-21-12-11-20(35-26-29-14-28-15-30-26)13-22(21)33(19-5-2-6-19)24(23)16-7-9-18(10-8-16)32-25(34)31-17-3-1-4-17/h7-15,17,19H,1-6,27H2,(H2,31,32,34). The van der Waals surface area contributed by atoms with Gasteiger partial charge in [-0.2, -0.15) is 9.97 Å². The summed E-state index contributed by atoms with van der Waals surface area (Å²) in [5, 5.41) is 6.92. The summed E-state index contributed by atoms with van der Waals surface area (Å²) in [6.07, 6.45) is 9.52. The van der Waals surface area contributed by atoms with Crippen LogP contribution >= 0.6 is 0 Å². The summed E-state index contributed by atoms with van der Waals surface area (Å²) >= 11 is 0. The molecule has 6 rings (SSSR count). The Hall–Kier alpha value is -4.14. The highest BCUT2D eigenvalue weighted by molar-refractivity contribution is 6.02. The molecule has 2 aromatic carbocycles. The number of nitrogens with two attached hydrogens (primary N) is 1. The summed E-state index contributed by atoms with van der Waals surface area (Å²) in [6.45, 7) is 0. The highest BCUT2D eigenvalue weighted by Crippen LogP contribution is 2.45. The van der Waals surface area contributed by atoms with Crippen LogP contribution in [-0.4, -0.2) is 31.6 Å². The summed E-state index contributed by atoms with van der Waals surface area (Å²) < 4.78 is 8.19. The smallest absolute Gasteiger partial charge is 0.324 e. The van der Waals surface area contributed by atoms with Gasteiger partial charge in [0, 0.05) is 34.8 Å². The number of rotatable bonds is 6. The molecule has 2 aliphatic carbocycles. The van der Waals surface area contributed by atoms with Gasteiger partial charge in [0.15, 0.2) is 0 Å². The lowest BCUT2D eigenvalue weighted by Gasteiger charge is -2.30. The molecule has 35 heavy (non-hydrogen) atoms. The quantitative estimate of drug-likeness (QED) is 0.354. The second kappa shape index (κ2) is 8.90. The van der Waals surface area contributed by atoms with Crippen LogP contribution in [0, 0.1) is 0 Å². The predicted octanol–water partition coefficient (Wildman–Crippen LogP) is 5.27. The number of nitrogen functional groups attached to an aromatic ring is 1. The van der Waals surface area contributed by atoms with Crippen molar-refractivity contribution in [1.82, 2.24) is 24.8 Å². The average Bonchev–Trinajstić information content (AvgIpc) is 3.08. The number of hydrogen-bond acceptors (Lipinski definition) is 6. The maximum Gasteiger partial charge on any atom is 0.324 e. The van der Waals surface area contributed by atoms with E-state index in [0.717, 1.165) is 59.2 Å². The first-order chi connectivity index (χ1) is 17.2. The number of nitrogens with zero attached hydrogens (tertiary/aromatic N) is 4. The molecule has 178 valence electrons. The minimum absolute atomic E-state index is 0.156. The zero-order valence-corrected chi connectivity index (χ0v) is 19.3. The molecule has 9 nitrogen and oxygen atoms in total. The van der Waals surface area contributed by atoms with E-state index in [1.165, 1.54) is 25.5 Å². The SMILES string of the molecule is Nc1c(-c2ccc(NC(=O)NC3CCC3)cc2)n(C2CCC2)c2cc(Oc3ncncn3)ccc12. The average molecular weight is 470 g/mol. The minimum Gasteiger partial charge on any atom is -0.424 e.